The van der Waals surface area contributed by atoms with Crippen LogP contribution in [0.3, 0.4) is 0 Å². The van der Waals surface area contributed by atoms with Gasteiger partial charge in [0.25, 0.3) is 0 Å². The first-order chi connectivity index (χ1) is 8.16. The normalized spacial score (nSPS) is 29.6. The summed E-state index contributed by atoms with van der Waals surface area (Å²) in [5.74, 6) is 0. The lowest BCUT2D eigenvalue weighted by atomic mass is 9.75. The Kier molecular flexibility index (Phi) is 4.87. The number of nitrogens with one attached hydrogen (secondary N) is 1. The molecule has 1 N–H and O–H groups in total. The Labute approximate surface area is 107 Å². The first-order valence-corrected chi connectivity index (χ1v) is 7.51. The maximum absolute atomic E-state index is 5.64. The highest BCUT2D eigenvalue weighted by Crippen LogP contribution is 2.34. The molecule has 2 fully saturated rings. The molecule has 1 aliphatic heterocycles. The number of hydrogen-bond donors (Lipinski definition) is 1. The molecule has 1 saturated heterocycles. The molecule has 0 aromatic carbocycles. The fourth-order valence-corrected chi connectivity index (χ4v) is 3.11. The predicted octanol–water partition coefficient (Wildman–Crippen LogP) is 3.50. The van der Waals surface area contributed by atoms with E-state index in [0.717, 1.165) is 12.6 Å². The maximum atomic E-state index is 5.64. The fraction of sp³-hybridized carbons (Fsp3) is 1.00. The molecular weight excluding hydrogens is 210 g/mol. The van der Waals surface area contributed by atoms with E-state index in [4.69, 9.17) is 4.74 Å². The molecule has 1 heterocycles. The molecule has 0 spiro atoms. The highest BCUT2D eigenvalue weighted by atomic mass is 16.5. The average Bonchev–Trinajstić information content (AvgIpc) is 2.79. The van der Waals surface area contributed by atoms with Crippen LogP contribution >= 0.6 is 0 Å². The SMILES string of the molecule is CC1(C)CCC(NCCCC2CCCO2)CC1. The van der Waals surface area contributed by atoms with Crippen LogP contribution in [0.1, 0.15) is 65.2 Å². The van der Waals surface area contributed by atoms with Gasteiger partial charge in [-0.05, 0) is 63.3 Å². The summed E-state index contributed by atoms with van der Waals surface area (Å²) in [6.07, 6.45) is 11.2. The molecule has 0 amide bonds. The van der Waals surface area contributed by atoms with Gasteiger partial charge in [0.05, 0.1) is 6.10 Å². The van der Waals surface area contributed by atoms with Crippen molar-refractivity contribution in [2.75, 3.05) is 13.2 Å². The van der Waals surface area contributed by atoms with Crippen LogP contribution in [0.25, 0.3) is 0 Å². The summed E-state index contributed by atoms with van der Waals surface area (Å²) in [7, 11) is 0. The second-order valence-corrected chi connectivity index (χ2v) is 6.67. The lowest BCUT2D eigenvalue weighted by molar-refractivity contribution is 0.102. The average molecular weight is 239 g/mol. The summed E-state index contributed by atoms with van der Waals surface area (Å²) >= 11 is 0. The van der Waals surface area contributed by atoms with Crippen molar-refractivity contribution in [2.45, 2.75) is 77.4 Å². The number of rotatable bonds is 5. The third-order valence-electron chi connectivity index (χ3n) is 4.50. The summed E-state index contributed by atoms with van der Waals surface area (Å²) in [6, 6.07) is 0.785. The van der Waals surface area contributed by atoms with Crippen molar-refractivity contribution in [3.63, 3.8) is 0 Å². The molecule has 2 nitrogen and oxygen atoms in total. The zero-order valence-electron chi connectivity index (χ0n) is 11.6. The van der Waals surface area contributed by atoms with Crippen molar-refractivity contribution in [2.24, 2.45) is 5.41 Å². The van der Waals surface area contributed by atoms with Gasteiger partial charge in [-0.2, -0.15) is 0 Å². The van der Waals surface area contributed by atoms with Gasteiger partial charge in [-0.3, -0.25) is 0 Å². The van der Waals surface area contributed by atoms with Crippen LogP contribution in [0.5, 0.6) is 0 Å². The molecule has 0 bridgehead atoms. The van der Waals surface area contributed by atoms with Crippen molar-refractivity contribution in [3.8, 4) is 0 Å². The Morgan fingerprint density at radius 3 is 2.59 bits per heavy atom. The zero-order chi connectivity index (χ0) is 12.1. The fourth-order valence-electron chi connectivity index (χ4n) is 3.11. The minimum Gasteiger partial charge on any atom is -0.378 e. The van der Waals surface area contributed by atoms with Gasteiger partial charge < -0.3 is 10.1 Å². The third-order valence-corrected chi connectivity index (χ3v) is 4.50. The van der Waals surface area contributed by atoms with Gasteiger partial charge >= 0.3 is 0 Å². The van der Waals surface area contributed by atoms with Crippen LogP contribution in [0.15, 0.2) is 0 Å². The Hall–Kier alpha value is -0.0800. The minimum absolute atomic E-state index is 0.571. The van der Waals surface area contributed by atoms with Crippen LogP contribution in [-0.4, -0.2) is 25.3 Å². The Balaban J connectivity index is 1.51. The zero-order valence-corrected chi connectivity index (χ0v) is 11.6. The van der Waals surface area contributed by atoms with Gasteiger partial charge in [-0.25, -0.2) is 0 Å². The standard InChI is InChI=1S/C15H29NO/c1-15(2)9-7-13(8-10-15)16-11-3-5-14-6-4-12-17-14/h13-14,16H,3-12H2,1-2H3. The van der Waals surface area contributed by atoms with Gasteiger partial charge in [-0.1, -0.05) is 13.8 Å². The molecule has 1 unspecified atom stereocenters. The highest BCUT2D eigenvalue weighted by Gasteiger charge is 2.26. The van der Waals surface area contributed by atoms with Crippen LogP contribution < -0.4 is 5.32 Å². The van der Waals surface area contributed by atoms with Crippen LogP contribution in [0.4, 0.5) is 0 Å². The molecule has 1 saturated carbocycles. The maximum Gasteiger partial charge on any atom is 0.0576 e. The first-order valence-electron chi connectivity index (χ1n) is 7.51. The Morgan fingerprint density at radius 2 is 1.94 bits per heavy atom. The Bertz CT molecular complexity index is 211. The number of ether oxygens (including phenoxy) is 1. The molecule has 0 aromatic rings. The van der Waals surface area contributed by atoms with E-state index in [2.05, 4.69) is 19.2 Å². The van der Waals surface area contributed by atoms with E-state index in [1.165, 1.54) is 57.9 Å². The van der Waals surface area contributed by atoms with Gasteiger partial charge in [0.1, 0.15) is 0 Å². The summed E-state index contributed by atoms with van der Waals surface area (Å²) in [6.45, 7) is 6.99. The van der Waals surface area contributed by atoms with Gasteiger partial charge in [0.2, 0.25) is 0 Å². The Morgan fingerprint density at radius 1 is 1.18 bits per heavy atom. The predicted molar refractivity (Wildman–Crippen MR) is 72.2 cm³/mol. The molecule has 1 atom stereocenters. The van der Waals surface area contributed by atoms with Crippen molar-refractivity contribution in [1.29, 1.82) is 0 Å². The van der Waals surface area contributed by atoms with Gasteiger partial charge in [0.15, 0.2) is 0 Å². The largest absolute Gasteiger partial charge is 0.378 e. The van der Waals surface area contributed by atoms with Crippen molar-refractivity contribution in [1.82, 2.24) is 5.32 Å². The molecule has 2 heteroatoms. The van der Waals surface area contributed by atoms with E-state index in [0.29, 0.717) is 11.5 Å². The quantitative estimate of drug-likeness (QED) is 0.741. The van der Waals surface area contributed by atoms with E-state index < -0.39 is 0 Å². The first kappa shape index (κ1) is 13.4. The van der Waals surface area contributed by atoms with E-state index in [9.17, 15) is 0 Å². The molecule has 2 aliphatic rings. The molecule has 100 valence electrons. The summed E-state index contributed by atoms with van der Waals surface area (Å²) in [5, 5.41) is 3.73. The highest BCUT2D eigenvalue weighted by molar-refractivity contribution is 4.82. The van der Waals surface area contributed by atoms with Crippen LogP contribution in [0, 0.1) is 5.41 Å². The molecule has 0 aromatic heterocycles. The number of hydrogen-bond acceptors (Lipinski definition) is 2. The summed E-state index contributed by atoms with van der Waals surface area (Å²) < 4.78 is 5.64. The lowest BCUT2D eigenvalue weighted by Gasteiger charge is -2.34. The summed E-state index contributed by atoms with van der Waals surface area (Å²) in [4.78, 5) is 0. The van der Waals surface area contributed by atoms with Gasteiger partial charge in [-0.15, -0.1) is 0 Å². The third kappa shape index (κ3) is 4.59. The molecule has 2 rings (SSSR count). The van der Waals surface area contributed by atoms with Gasteiger partial charge in [0, 0.05) is 12.6 Å². The second-order valence-electron chi connectivity index (χ2n) is 6.67. The van der Waals surface area contributed by atoms with Crippen LogP contribution in [0.2, 0.25) is 0 Å². The molecule has 0 radical (unpaired) electrons. The smallest absolute Gasteiger partial charge is 0.0576 e. The molecule has 1 aliphatic carbocycles. The summed E-state index contributed by atoms with van der Waals surface area (Å²) in [5.41, 5.74) is 0.593. The molecular formula is C15H29NO. The van der Waals surface area contributed by atoms with Crippen molar-refractivity contribution in [3.05, 3.63) is 0 Å². The molecule has 17 heavy (non-hydrogen) atoms. The lowest BCUT2D eigenvalue weighted by Crippen LogP contribution is -2.36. The van der Waals surface area contributed by atoms with Crippen molar-refractivity contribution >= 4 is 0 Å². The topological polar surface area (TPSA) is 21.3 Å². The van der Waals surface area contributed by atoms with E-state index >= 15 is 0 Å². The van der Waals surface area contributed by atoms with Crippen LogP contribution in [-0.2, 0) is 4.74 Å². The monoisotopic (exact) mass is 239 g/mol. The van der Waals surface area contributed by atoms with E-state index in [1.807, 2.05) is 0 Å². The van der Waals surface area contributed by atoms with E-state index in [-0.39, 0.29) is 0 Å². The minimum atomic E-state index is 0.571. The van der Waals surface area contributed by atoms with E-state index in [1.54, 1.807) is 0 Å². The second kappa shape index (κ2) is 6.19. The van der Waals surface area contributed by atoms with Crippen molar-refractivity contribution < 1.29 is 4.74 Å².